The monoisotopic (exact) mass is 206 g/mol. The van der Waals surface area contributed by atoms with Gasteiger partial charge in [-0.2, -0.15) is 0 Å². The molecule has 4 nitrogen and oxygen atoms in total. The topological polar surface area (TPSA) is 41.1 Å². The maximum Gasteiger partial charge on any atom is 0.142 e. The van der Waals surface area contributed by atoms with Crippen molar-refractivity contribution in [2.24, 2.45) is 0 Å². The van der Waals surface area contributed by atoms with Gasteiger partial charge in [0.05, 0.1) is 6.54 Å². The van der Waals surface area contributed by atoms with Crippen molar-refractivity contribution in [2.75, 3.05) is 13.1 Å². The second-order valence-electron chi connectivity index (χ2n) is 4.25. The van der Waals surface area contributed by atoms with E-state index >= 15 is 0 Å². The average molecular weight is 206 g/mol. The summed E-state index contributed by atoms with van der Waals surface area (Å²) in [5.74, 6) is 0.915. The molecular weight excluding hydrogens is 188 g/mol. The summed E-state index contributed by atoms with van der Waals surface area (Å²) in [5, 5.41) is 3.47. The molecule has 0 saturated carbocycles. The fourth-order valence-electron chi connectivity index (χ4n) is 1.91. The molecule has 0 bridgehead atoms. The van der Waals surface area contributed by atoms with Gasteiger partial charge in [0.1, 0.15) is 5.82 Å². The first-order valence-corrected chi connectivity index (χ1v) is 5.49. The molecule has 1 aliphatic rings. The maximum absolute atomic E-state index is 4.26. The standard InChI is InChI=1S/C11H18N4/c1-9-7-15(10(2)6-14-9)8-11-12-4-3-5-13-11/h3-5,9-10,14H,6-8H2,1-2H3. The van der Waals surface area contributed by atoms with Crippen molar-refractivity contribution < 1.29 is 0 Å². The summed E-state index contributed by atoms with van der Waals surface area (Å²) in [6.07, 6.45) is 3.61. The van der Waals surface area contributed by atoms with Gasteiger partial charge in [-0.25, -0.2) is 9.97 Å². The minimum Gasteiger partial charge on any atom is -0.311 e. The summed E-state index contributed by atoms with van der Waals surface area (Å²) in [5.41, 5.74) is 0. The molecule has 0 aromatic carbocycles. The largest absolute Gasteiger partial charge is 0.311 e. The lowest BCUT2D eigenvalue weighted by Crippen LogP contribution is -2.53. The first kappa shape index (κ1) is 10.5. The Morgan fingerprint density at radius 2 is 2.13 bits per heavy atom. The maximum atomic E-state index is 4.26. The fourth-order valence-corrected chi connectivity index (χ4v) is 1.91. The zero-order valence-electron chi connectivity index (χ0n) is 9.35. The van der Waals surface area contributed by atoms with Gasteiger partial charge in [-0.05, 0) is 19.9 Å². The van der Waals surface area contributed by atoms with E-state index in [9.17, 15) is 0 Å². The van der Waals surface area contributed by atoms with Crippen molar-refractivity contribution in [1.82, 2.24) is 20.2 Å². The van der Waals surface area contributed by atoms with E-state index in [2.05, 4.69) is 34.0 Å². The molecule has 0 radical (unpaired) electrons. The summed E-state index contributed by atoms with van der Waals surface area (Å²) in [6.45, 7) is 7.42. The van der Waals surface area contributed by atoms with Crippen molar-refractivity contribution >= 4 is 0 Å². The number of nitrogens with zero attached hydrogens (tertiary/aromatic N) is 3. The van der Waals surface area contributed by atoms with Gasteiger partial charge in [0, 0.05) is 37.6 Å². The van der Waals surface area contributed by atoms with E-state index in [1.807, 2.05) is 6.07 Å². The Kier molecular flexibility index (Phi) is 3.28. The highest BCUT2D eigenvalue weighted by atomic mass is 15.2. The van der Waals surface area contributed by atoms with Crippen LogP contribution >= 0.6 is 0 Å². The van der Waals surface area contributed by atoms with E-state index in [-0.39, 0.29) is 0 Å². The molecule has 2 rings (SSSR count). The average Bonchev–Trinajstić information content (AvgIpc) is 2.25. The van der Waals surface area contributed by atoms with Crippen LogP contribution in [0.25, 0.3) is 0 Å². The Morgan fingerprint density at radius 3 is 2.87 bits per heavy atom. The minimum atomic E-state index is 0.560. The highest BCUT2D eigenvalue weighted by Crippen LogP contribution is 2.09. The third-order valence-electron chi connectivity index (χ3n) is 2.86. The summed E-state index contributed by atoms with van der Waals surface area (Å²) >= 11 is 0. The molecule has 2 atom stereocenters. The second-order valence-corrected chi connectivity index (χ2v) is 4.25. The molecule has 1 aromatic heterocycles. The van der Waals surface area contributed by atoms with Crippen molar-refractivity contribution in [3.05, 3.63) is 24.3 Å². The molecule has 15 heavy (non-hydrogen) atoms. The van der Waals surface area contributed by atoms with Gasteiger partial charge >= 0.3 is 0 Å². The molecule has 1 N–H and O–H groups in total. The van der Waals surface area contributed by atoms with E-state index in [4.69, 9.17) is 0 Å². The van der Waals surface area contributed by atoms with E-state index in [1.165, 1.54) is 0 Å². The van der Waals surface area contributed by atoms with E-state index < -0.39 is 0 Å². The van der Waals surface area contributed by atoms with Crippen LogP contribution in [0.3, 0.4) is 0 Å². The van der Waals surface area contributed by atoms with Crippen molar-refractivity contribution in [2.45, 2.75) is 32.5 Å². The number of piperazine rings is 1. The molecule has 1 aliphatic heterocycles. The lowest BCUT2D eigenvalue weighted by atomic mass is 10.1. The molecule has 2 unspecified atom stereocenters. The lowest BCUT2D eigenvalue weighted by molar-refractivity contribution is 0.135. The van der Waals surface area contributed by atoms with Crippen molar-refractivity contribution in [1.29, 1.82) is 0 Å². The Hall–Kier alpha value is -1.00. The molecule has 1 aromatic rings. The first-order chi connectivity index (χ1) is 7.25. The zero-order valence-corrected chi connectivity index (χ0v) is 9.35. The van der Waals surface area contributed by atoms with Gasteiger partial charge in [0.2, 0.25) is 0 Å². The Morgan fingerprint density at radius 1 is 1.40 bits per heavy atom. The Balaban J connectivity index is 1.98. The predicted molar refractivity (Wildman–Crippen MR) is 59.4 cm³/mol. The highest BCUT2D eigenvalue weighted by Gasteiger charge is 2.22. The van der Waals surface area contributed by atoms with Crippen LogP contribution in [0.15, 0.2) is 18.5 Å². The van der Waals surface area contributed by atoms with Crippen LogP contribution in [0.1, 0.15) is 19.7 Å². The van der Waals surface area contributed by atoms with Crippen LogP contribution in [0.2, 0.25) is 0 Å². The van der Waals surface area contributed by atoms with Gasteiger partial charge in [0.15, 0.2) is 0 Å². The van der Waals surface area contributed by atoms with Crippen LogP contribution in [-0.2, 0) is 6.54 Å². The third-order valence-corrected chi connectivity index (χ3v) is 2.86. The number of hydrogen-bond donors (Lipinski definition) is 1. The zero-order chi connectivity index (χ0) is 10.7. The van der Waals surface area contributed by atoms with E-state index in [0.29, 0.717) is 12.1 Å². The number of aromatic nitrogens is 2. The van der Waals surface area contributed by atoms with Crippen LogP contribution in [0, 0.1) is 0 Å². The molecule has 2 heterocycles. The van der Waals surface area contributed by atoms with Crippen molar-refractivity contribution in [3.8, 4) is 0 Å². The molecule has 0 spiro atoms. The number of nitrogens with one attached hydrogen (secondary N) is 1. The van der Waals surface area contributed by atoms with Gasteiger partial charge in [-0.1, -0.05) is 0 Å². The van der Waals surface area contributed by atoms with Crippen LogP contribution in [0.5, 0.6) is 0 Å². The van der Waals surface area contributed by atoms with Crippen LogP contribution < -0.4 is 5.32 Å². The van der Waals surface area contributed by atoms with Crippen molar-refractivity contribution in [3.63, 3.8) is 0 Å². The Bertz CT molecular complexity index is 301. The molecular formula is C11H18N4. The molecule has 1 fully saturated rings. The van der Waals surface area contributed by atoms with Crippen LogP contribution in [-0.4, -0.2) is 40.0 Å². The SMILES string of the molecule is CC1CN(Cc2ncccn2)C(C)CN1. The fraction of sp³-hybridized carbons (Fsp3) is 0.636. The molecule has 82 valence electrons. The van der Waals surface area contributed by atoms with Gasteiger partial charge in [-0.3, -0.25) is 4.90 Å². The molecule has 0 amide bonds. The minimum absolute atomic E-state index is 0.560. The third kappa shape index (κ3) is 2.73. The highest BCUT2D eigenvalue weighted by molar-refractivity contribution is 4.91. The molecule has 0 aliphatic carbocycles. The van der Waals surface area contributed by atoms with E-state index in [1.54, 1.807) is 12.4 Å². The summed E-state index contributed by atoms with van der Waals surface area (Å²) < 4.78 is 0. The number of rotatable bonds is 2. The number of hydrogen-bond acceptors (Lipinski definition) is 4. The first-order valence-electron chi connectivity index (χ1n) is 5.49. The summed E-state index contributed by atoms with van der Waals surface area (Å²) in [6, 6.07) is 2.97. The van der Waals surface area contributed by atoms with Gasteiger partial charge in [-0.15, -0.1) is 0 Å². The van der Waals surface area contributed by atoms with Crippen LogP contribution in [0.4, 0.5) is 0 Å². The van der Waals surface area contributed by atoms with Gasteiger partial charge in [0.25, 0.3) is 0 Å². The molecule has 4 heteroatoms. The second kappa shape index (κ2) is 4.68. The quantitative estimate of drug-likeness (QED) is 0.771. The lowest BCUT2D eigenvalue weighted by Gasteiger charge is -2.36. The predicted octanol–water partition coefficient (Wildman–Crippen LogP) is 0.659. The smallest absolute Gasteiger partial charge is 0.142 e. The normalized spacial score (nSPS) is 27.9. The summed E-state index contributed by atoms with van der Waals surface area (Å²) in [4.78, 5) is 10.9. The van der Waals surface area contributed by atoms with Gasteiger partial charge < -0.3 is 5.32 Å². The summed E-state index contributed by atoms with van der Waals surface area (Å²) in [7, 11) is 0. The Labute approximate surface area is 90.7 Å². The molecule has 1 saturated heterocycles. The van der Waals surface area contributed by atoms with E-state index in [0.717, 1.165) is 25.5 Å².